The summed E-state index contributed by atoms with van der Waals surface area (Å²) in [5.41, 5.74) is 0.215. The number of epoxide rings is 2. The largest absolute Gasteiger partial charge is 0.460 e. The summed E-state index contributed by atoms with van der Waals surface area (Å²) in [6, 6.07) is 0. The molecule has 2 aliphatic heterocycles. The number of ether oxygens (including phenoxy) is 4. The molecular formula is C11H14O6. The Balaban J connectivity index is 1.68. The first-order valence-corrected chi connectivity index (χ1v) is 5.40. The van der Waals surface area contributed by atoms with Gasteiger partial charge in [0, 0.05) is 11.6 Å². The zero-order chi connectivity index (χ0) is 12.3. The van der Waals surface area contributed by atoms with Crippen molar-refractivity contribution in [2.24, 2.45) is 0 Å². The Hall–Kier alpha value is -1.40. The number of carbonyl (C=O) groups is 2. The molecule has 2 fully saturated rings. The fourth-order valence-electron chi connectivity index (χ4n) is 1.06. The van der Waals surface area contributed by atoms with Crippen molar-refractivity contribution in [2.75, 3.05) is 26.4 Å². The second-order valence-electron chi connectivity index (χ2n) is 3.97. The summed E-state index contributed by atoms with van der Waals surface area (Å²) in [7, 11) is 0. The average Bonchev–Trinajstić information content (AvgIpc) is 3.16. The molecule has 0 aromatic heterocycles. The van der Waals surface area contributed by atoms with Gasteiger partial charge in [-0.2, -0.15) is 0 Å². The van der Waals surface area contributed by atoms with Gasteiger partial charge in [-0.3, -0.25) is 0 Å². The van der Waals surface area contributed by atoms with Crippen LogP contribution in [0.3, 0.4) is 0 Å². The molecule has 0 N–H and O–H groups in total. The van der Waals surface area contributed by atoms with E-state index in [4.69, 9.17) is 18.9 Å². The van der Waals surface area contributed by atoms with Crippen molar-refractivity contribution < 1.29 is 28.5 Å². The van der Waals surface area contributed by atoms with Gasteiger partial charge < -0.3 is 18.9 Å². The molecule has 0 saturated carbocycles. The van der Waals surface area contributed by atoms with E-state index in [2.05, 4.69) is 0 Å². The molecule has 0 aliphatic carbocycles. The van der Waals surface area contributed by atoms with E-state index in [-0.39, 0.29) is 31.0 Å². The van der Waals surface area contributed by atoms with Crippen molar-refractivity contribution in [3.05, 3.63) is 11.6 Å². The van der Waals surface area contributed by atoms with Crippen LogP contribution < -0.4 is 0 Å². The zero-order valence-electron chi connectivity index (χ0n) is 9.51. The molecule has 2 saturated heterocycles. The predicted octanol–water partition coefficient (Wildman–Crippen LogP) is -0.183. The van der Waals surface area contributed by atoms with Crippen LogP contribution in [-0.4, -0.2) is 50.6 Å². The highest BCUT2D eigenvalue weighted by Gasteiger charge is 2.25. The molecule has 0 spiro atoms. The van der Waals surface area contributed by atoms with Crippen LogP contribution in [0.5, 0.6) is 0 Å². The summed E-state index contributed by atoms with van der Waals surface area (Å²) in [5, 5.41) is 0. The average molecular weight is 242 g/mol. The first kappa shape index (κ1) is 12.1. The molecule has 2 atom stereocenters. The van der Waals surface area contributed by atoms with Gasteiger partial charge in [0.15, 0.2) is 0 Å². The molecule has 94 valence electrons. The van der Waals surface area contributed by atoms with Gasteiger partial charge in [0.05, 0.1) is 13.2 Å². The second-order valence-corrected chi connectivity index (χ2v) is 3.97. The van der Waals surface area contributed by atoms with Gasteiger partial charge in [-0.1, -0.05) is 0 Å². The van der Waals surface area contributed by atoms with E-state index in [9.17, 15) is 9.59 Å². The Labute approximate surface area is 98.5 Å². The Morgan fingerprint density at radius 3 is 2.24 bits per heavy atom. The molecule has 0 amide bonds. The van der Waals surface area contributed by atoms with Crippen LogP contribution in [0.1, 0.15) is 6.92 Å². The summed E-state index contributed by atoms with van der Waals surface area (Å²) in [4.78, 5) is 22.6. The van der Waals surface area contributed by atoms with E-state index in [1.54, 1.807) is 0 Å². The van der Waals surface area contributed by atoms with Crippen LogP contribution in [0, 0.1) is 0 Å². The molecule has 6 nitrogen and oxygen atoms in total. The summed E-state index contributed by atoms with van der Waals surface area (Å²) in [6.07, 6.45) is 1.16. The summed E-state index contributed by atoms with van der Waals surface area (Å²) in [5.74, 6) is -1.09. The van der Waals surface area contributed by atoms with Gasteiger partial charge in [-0.25, -0.2) is 9.59 Å². The van der Waals surface area contributed by atoms with Crippen molar-refractivity contribution in [1.82, 2.24) is 0 Å². The van der Waals surface area contributed by atoms with E-state index in [0.29, 0.717) is 13.2 Å². The monoisotopic (exact) mass is 242 g/mol. The van der Waals surface area contributed by atoms with Crippen molar-refractivity contribution in [3.8, 4) is 0 Å². The minimum Gasteiger partial charge on any atom is -0.460 e. The van der Waals surface area contributed by atoms with Gasteiger partial charge in [-0.15, -0.1) is 0 Å². The molecule has 0 bridgehead atoms. The SMILES string of the molecule is C/C(=C/C(=O)OCC1CO1)C(=O)OCC1CO1. The second kappa shape index (κ2) is 5.29. The van der Waals surface area contributed by atoms with Crippen LogP contribution in [0.15, 0.2) is 11.6 Å². The van der Waals surface area contributed by atoms with Gasteiger partial charge in [-0.05, 0) is 6.92 Å². The fourth-order valence-corrected chi connectivity index (χ4v) is 1.06. The van der Waals surface area contributed by atoms with Gasteiger partial charge >= 0.3 is 11.9 Å². The standard InChI is InChI=1S/C11H14O6/c1-7(11(13)17-6-9-4-15-9)2-10(12)16-5-8-3-14-8/h2,8-9H,3-6H2,1H3/b7-2-. The van der Waals surface area contributed by atoms with Crippen LogP contribution in [0.2, 0.25) is 0 Å². The third-order valence-corrected chi connectivity index (χ3v) is 2.27. The van der Waals surface area contributed by atoms with Gasteiger partial charge in [0.1, 0.15) is 25.4 Å². The van der Waals surface area contributed by atoms with E-state index >= 15 is 0 Å². The highest BCUT2D eigenvalue weighted by Crippen LogP contribution is 2.11. The smallest absolute Gasteiger partial charge is 0.334 e. The zero-order valence-corrected chi connectivity index (χ0v) is 9.51. The first-order valence-electron chi connectivity index (χ1n) is 5.40. The first-order chi connectivity index (χ1) is 8.15. The van der Waals surface area contributed by atoms with Crippen molar-refractivity contribution >= 4 is 11.9 Å². The number of rotatable bonds is 6. The summed E-state index contributed by atoms with van der Waals surface area (Å²) >= 11 is 0. The number of esters is 2. The van der Waals surface area contributed by atoms with Crippen LogP contribution in [0.4, 0.5) is 0 Å². The quantitative estimate of drug-likeness (QED) is 0.365. The Morgan fingerprint density at radius 2 is 1.71 bits per heavy atom. The number of carbonyl (C=O) groups excluding carboxylic acids is 2. The van der Waals surface area contributed by atoms with E-state index in [0.717, 1.165) is 6.08 Å². The maximum Gasteiger partial charge on any atom is 0.334 e. The number of hydrogen-bond donors (Lipinski definition) is 0. The molecule has 6 heteroatoms. The molecule has 0 radical (unpaired) electrons. The van der Waals surface area contributed by atoms with Crippen LogP contribution in [0.25, 0.3) is 0 Å². The number of hydrogen-bond acceptors (Lipinski definition) is 6. The lowest BCUT2D eigenvalue weighted by atomic mass is 10.3. The third kappa shape index (κ3) is 4.54. The fraction of sp³-hybridized carbons (Fsp3) is 0.636. The van der Waals surface area contributed by atoms with Crippen LogP contribution in [-0.2, 0) is 28.5 Å². The minimum absolute atomic E-state index is 0.0192. The van der Waals surface area contributed by atoms with Gasteiger partial charge in [0.25, 0.3) is 0 Å². The van der Waals surface area contributed by atoms with E-state index in [1.165, 1.54) is 6.92 Å². The third-order valence-electron chi connectivity index (χ3n) is 2.27. The molecule has 2 aliphatic rings. The van der Waals surface area contributed by atoms with E-state index < -0.39 is 11.9 Å². The lowest BCUT2D eigenvalue weighted by molar-refractivity contribution is -0.141. The van der Waals surface area contributed by atoms with Crippen molar-refractivity contribution in [3.63, 3.8) is 0 Å². The topological polar surface area (TPSA) is 77.7 Å². The Kier molecular flexibility index (Phi) is 3.75. The maximum absolute atomic E-state index is 11.4. The Bertz CT molecular complexity index is 340. The van der Waals surface area contributed by atoms with E-state index in [1.807, 2.05) is 0 Å². The van der Waals surface area contributed by atoms with Crippen LogP contribution >= 0.6 is 0 Å². The van der Waals surface area contributed by atoms with Crippen molar-refractivity contribution in [2.45, 2.75) is 19.1 Å². The Morgan fingerprint density at radius 1 is 1.18 bits per heavy atom. The maximum atomic E-state index is 11.4. The predicted molar refractivity (Wildman–Crippen MR) is 55.2 cm³/mol. The van der Waals surface area contributed by atoms with Gasteiger partial charge in [0.2, 0.25) is 0 Å². The normalized spacial score (nSPS) is 26.3. The van der Waals surface area contributed by atoms with Crippen molar-refractivity contribution in [1.29, 1.82) is 0 Å². The lowest BCUT2D eigenvalue weighted by Crippen LogP contribution is -2.13. The molecule has 2 unspecified atom stereocenters. The molecule has 2 heterocycles. The summed E-state index contributed by atoms with van der Waals surface area (Å²) < 4.78 is 19.5. The highest BCUT2D eigenvalue weighted by molar-refractivity contribution is 5.95. The minimum atomic E-state index is -0.558. The molecule has 0 aromatic carbocycles. The molecule has 17 heavy (non-hydrogen) atoms. The molecular weight excluding hydrogens is 228 g/mol. The lowest BCUT2D eigenvalue weighted by Gasteiger charge is -2.03. The molecule has 2 rings (SSSR count). The molecule has 0 aromatic rings. The summed E-state index contributed by atoms with van der Waals surface area (Å²) in [6.45, 7) is 3.21. The highest BCUT2D eigenvalue weighted by atomic mass is 16.6.